The first-order chi connectivity index (χ1) is 6.45. The van der Waals surface area contributed by atoms with Crippen LogP contribution in [0.5, 0.6) is 0 Å². The first-order valence-electron chi connectivity index (χ1n) is 3.61. The summed E-state index contributed by atoms with van der Waals surface area (Å²) in [6.45, 7) is 1.39. The zero-order valence-corrected chi connectivity index (χ0v) is 7.85. The molecule has 0 atom stereocenters. The Kier molecular flexibility index (Phi) is 3.00. The number of hydrogen-bond acceptors (Lipinski definition) is 2. The Morgan fingerprint density at radius 1 is 1.64 bits per heavy atom. The minimum atomic E-state index is -2.83. The number of aromatic nitrogens is 1. The molecule has 6 heteroatoms. The Morgan fingerprint density at radius 3 is 2.64 bits per heavy atom. The molecule has 0 saturated carbocycles. The number of nitrogens with zero attached hydrogens (tertiary/aromatic N) is 1. The second kappa shape index (κ2) is 3.88. The predicted octanol–water partition coefficient (Wildman–Crippen LogP) is 2.68. The van der Waals surface area contributed by atoms with Crippen LogP contribution in [-0.4, -0.2) is 16.1 Å². The van der Waals surface area contributed by atoms with Crippen LogP contribution in [0.4, 0.5) is 8.78 Å². The third-order valence-corrected chi connectivity index (χ3v) is 2.09. The van der Waals surface area contributed by atoms with E-state index in [1.54, 1.807) is 0 Å². The first kappa shape index (κ1) is 10.8. The van der Waals surface area contributed by atoms with Gasteiger partial charge in [0.05, 0.1) is 21.8 Å². The normalized spacial score (nSPS) is 10.6. The summed E-state index contributed by atoms with van der Waals surface area (Å²) in [4.78, 5) is 14.2. The zero-order chi connectivity index (χ0) is 10.9. The minimum absolute atomic E-state index is 0.118. The number of alkyl halides is 2. The molecular formula is C8H6ClF2NO2. The Hall–Kier alpha value is -1.23. The average molecular weight is 222 g/mol. The van der Waals surface area contributed by atoms with Gasteiger partial charge in [-0.05, 0) is 6.92 Å². The van der Waals surface area contributed by atoms with Crippen LogP contribution in [0, 0.1) is 6.92 Å². The summed E-state index contributed by atoms with van der Waals surface area (Å²) in [5.74, 6) is -1.36. The Bertz CT molecular complexity index is 382. The smallest absolute Gasteiger partial charge is 0.339 e. The fourth-order valence-electron chi connectivity index (χ4n) is 0.992. The monoisotopic (exact) mass is 221 g/mol. The number of carbonyl (C=O) groups is 1. The summed E-state index contributed by atoms with van der Waals surface area (Å²) >= 11 is 5.50. The van der Waals surface area contributed by atoms with E-state index in [1.165, 1.54) is 6.92 Å². The third kappa shape index (κ3) is 1.82. The number of carboxylic acid groups (broad SMARTS) is 1. The van der Waals surface area contributed by atoms with Crippen molar-refractivity contribution < 1.29 is 18.7 Å². The van der Waals surface area contributed by atoms with E-state index in [-0.39, 0.29) is 11.3 Å². The van der Waals surface area contributed by atoms with Gasteiger partial charge in [-0.1, -0.05) is 11.6 Å². The Labute approximate surface area is 83.3 Å². The molecule has 0 bridgehead atoms. The molecule has 0 radical (unpaired) electrons. The molecule has 0 unspecified atom stereocenters. The molecule has 0 aliphatic carbocycles. The quantitative estimate of drug-likeness (QED) is 0.835. The molecule has 0 aliphatic rings. The molecule has 1 heterocycles. The third-order valence-electron chi connectivity index (χ3n) is 1.68. The number of carboxylic acids is 1. The molecule has 1 aromatic heterocycles. The Morgan fingerprint density at radius 2 is 2.21 bits per heavy atom. The van der Waals surface area contributed by atoms with Gasteiger partial charge in [-0.2, -0.15) is 0 Å². The zero-order valence-electron chi connectivity index (χ0n) is 7.09. The van der Waals surface area contributed by atoms with Crippen molar-refractivity contribution in [2.45, 2.75) is 13.3 Å². The summed E-state index contributed by atoms with van der Waals surface area (Å²) in [6.07, 6.45) is -1.94. The molecule has 1 N–H and O–H groups in total. The van der Waals surface area contributed by atoms with Crippen molar-refractivity contribution >= 4 is 17.6 Å². The van der Waals surface area contributed by atoms with E-state index >= 15 is 0 Å². The highest BCUT2D eigenvalue weighted by atomic mass is 35.5. The molecule has 0 aromatic carbocycles. The summed E-state index contributed by atoms with van der Waals surface area (Å²) in [6, 6.07) is 0. The summed E-state index contributed by atoms with van der Waals surface area (Å²) in [5.41, 5.74) is -0.814. The second-order valence-corrected chi connectivity index (χ2v) is 2.97. The number of aromatic carboxylic acids is 1. The van der Waals surface area contributed by atoms with E-state index in [0.29, 0.717) is 0 Å². The van der Waals surface area contributed by atoms with Gasteiger partial charge in [0.25, 0.3) is 6.43 Å². The predicted molar refractivity (Wildman–Crippen MR) is 45.9 cm³/mol. The van der Waals surface area contributed by atoms with Gasteiger partial charge >= 0.3 is 5.97 Å². The lowest BCUT2D eigenvalue weighted by Gasteiger charge is -2.07. The van der Waals surface area contributed by atoms with Crippen molar-refractivity contribution in [1.29, 1.82) is 0 Å². The molecule has 3 nitrogen and oxygen atoms in total. The highest BCUT2D eigenvalue weighted by Crippen LogP contribution is 2.30. The largest absolute Gasteiger partial charge is 0.478 e. The molecule has 14 heavy (non-hydrogen) atoms. The van der Waals surface area contributed by atoms with E-state index in [2.05, 4.69) is 4.98 Å². The van der Waals surface area contributed by atoms with Crippen molar-refractivity contribution in [3.8, 4) is 0 Å². The van der Waals surface area contributed by atoms with Gasteiger partial charge < -0.3 is 5.11 Å². The number of pyridine rings is 1. The van der Waals surface area contributed by atoms with Gasteiger partial charge in [0.2, 0.25) is 0 Å². The number of halogens is 3. The minimum Gasteiger partial charge on any atom is -0.478 e. The van der Waals surface area contributed by atoms with E-state index < -0.39 is 23.0 Å². The van der Waals surface area contributed by atoms with Gasteiger partial charge in [0.15, 0.2) is 0 Å². The summed E-state index contributed by atoms with van der Waals surface area (Å²) in [5, 5.41) is 8.24. The molecule has 1 aromatic rings. The maximum absolute atomic E-state index is 12.3. The lowest BCUT2D eigenvalue weighted by Crippen LogP contribution is -2.05. The van der Waals surface area contributed by atoms with Gasteiger partial charge in [-0.15, -0.1) is 0 Å². The second-order valence-electron chi connectivity index (χ2n) is 2.59. The van der Waals surface area contributed by atoms with Crippen LogP contribution in [0.15, 0.2) is 6.20 Å². The van der Waals surface area contributed by atoms with E-state index in [4.69, 9.17) is 16.7 Å². The average Bonchev–Trinajstić information content (AvgIpc) is 2.02. The Balaban J connectivity index is 3.41. The van der Waals surface area contributed by atoms with Crippen LogP contribution in [0.3, 0.4) is 0 Å². The summed E-state index contributed by atoms with van der Waals surface area (Å²) < 4.78 is 24.6. The standard InChI is InChI=1S/C8H6ClF2NO2/c1-3-5(8(13)14)6(9)4(2-12-3)7(10)11/h2,7H,1H3,(H,13,14). The molecule has 0 spiro atoms. The lowest BCUT2D eigenvalue weighted by atomic mass is 10.1. The molecule has 0 saturated heterocycles. The van der Waals surface area contributed by atoms with Gasteiger partial charge in [0, 0.05) is 6.20 Å². The van der Waals surface area contributed by atoms with Crippen LogP contribution in [0.25, 0.3) is 0 Å². The van der Waals surface area contributed by atoms with E-state index in [9.17, 15) is 13.6 Å². The van der Waals surface area contributed by atoms with Crippen molar-refractivity contribution in [2.75, 3.05) is 0 Å². The molecular weight excluding hydrogens is 216 g/mol. The van der Waals surface area contributed by atoms with Crippen LogP contribution in [0.1, 0.15) is 28.0 Å². The van der Waals surface area contributed by atoms with Gasteiger partial charge in [0.1, 0.15) is 0 Å². The lowest BCUT2D eigenvalue weighted by molar-refractivity contribution is 0.0695. The van der Waals surface area contributed by atoms with E-state index in [1.807, 2.05) is 0 Å². The number of aryl methyl sites for hydroxylation is 1. The fraction of sp³-hybridized carbons (Fsp3) is 0.250. The molecule has 0 aliphatic heterocycles. The first-order valence-corrected chi connectivity index (χ1v) is 3.99. The van der Waals surface area contributed by atoms with Crippen molar-refractivity contribution in [3.63, 3.8) is 0 Å². The van der Waals surface area contributed by atoms with Crippen LogP contribution < -0.4 is 0 Å². The van der Waals surface area contributed by atoms with E-state index in [0.717, 1.165) is 6.20 Å². The molecule has 0 amide bonds. The highest BCUT2D eigenvalue weighted by Gasteiger charge is 2.21. The number of rotatable bonds is 2. The maximum Gasteiger partial charge on any atom is 0.339 e. The highest BCUT2D eigenvalue weighted by molar-refractivity contribution is 6.34. The maximum atomic E-state index is 12.3. The SMILES string of the molecule is Cc1ncc(C(F)F)c(Cl)c1C(=O)O. The van der Waals surface area contributed by atoms with Crippen molar-refractivity contribution in [1.82, 2.24) is 4.98 Å². The van der Waals surface area contributed by atoms with Gasteiger partial charge in [-0.25, -0.2) is 13.6 Å². The van der Waals surface area contributed by atoms with Crippen LogP contribution >= 0.6 is 11.6 Å². The fourth-order valence-corrected chi connectivity index (χ4v) is 1.34. The van der Waals surface area contributed by atoms with Crippen molar-refractivity contribution in [3.05, 3.63) is 28.0 Å². The topological polar surface area (TPSA) is 50.2 Å². The number of hydrogen-bond donors (Lipinski definition) is 1. The molecule has 1 rings (SSSR count). The van der Waals surface area contributed by atoms with Crippen LogP contribution in [-0.2, 0) is 0 Å². The van der Waals surface area contributed by atoms with Gasteiger partial charge in [-0.3, -0.25) is 4.98 Å². The van der Waals surface area contributed by atoms with Crippen molar-refractivity contribution in [2.24, 2.45) is 0 Å². The van der Waals surface area contributed by atoms with Crippen LogP contribution in [0.2, 0.25) is 5.02 Å². The summed E-state index contributed by atoms with van der Waals surface area (Å²) in [7, 11) is 0. The molecule has 76 valence electrons. The molecule has 0 fully saturated rings.